The highest BCUT2D eigenvalue weighted by Crippen LogP contribution is 2.19. The molecule has 1 atom stereocenters. The Kier molecular flexibility index (Phi) is 4.56. The zero-order chi connectivity index (χ0) is 12.1. The van der Waals surface area contributed by atoms with Gasteiger partial charge in [0.25, 0.3) is 0 Å². The molecule has 1 rings (SSSR count). The Morgan fingerprint density at radius 3 is 2.94 bits per heavy atom. The lowest BCUT2D eigenvalue weighted by Gasteiger charge is -2.12. The fourth-order valence-corrected chi connectivity index (χ4v) is 1.59. The van der Waals surface area contributed by atoms with Gasteiger partial charge in [-0.2, -0.15) is 0 Å². The Morgan fingerprint density at radius 2 is 2.38 bits per heavy atom. The molecular weight excluding hydrogens is 274 g/mol. The molecule has 0 aromatic rings. The van der Waals surface area contributed by atoms with Gasteiger partial charge in [0.1, 0.15) is 4.83 Å². The smallest absolute Gasteiger partial charge is 0.308 e. The first-order valence-electron chi connectivity index (χ1n) is 4.86. The minimum atomic E-state index is -0.449. The fourth-order valence-electron chi connectivity index (χ4n) is 1.18. The highest BCUT2D eigenvalue weighted by Gasteiger charge is 2.22. The molecule has 0 saturated carbocycles. The van der Waals surface area contributed by atoms with Crippen LogP contribution in [0.2, 0.25) is 0 Å². The van der Waals surface area contributed by atoms with Crippen molar-refractivity contribution in [2.45, 2.75) is 31.2 Å². The van der Waals surface area contributed by atoms with E-state index in [4.69, 9.17) is 4.74 Å². The van der Waals surface area contributed by atoms with Gasteiger partial charge in [-0.05, 0) is 19.9 Å². The number of nitro groups is 1. The Balaban J connectivity index is 3.06. The number of hydrogen-bond donors (Lipinski definition) is 0. The number of rotatable bonds is 3. The van der Waals surface area contributed by atoms with Crippen LogP contribution in [0.25, 0.3) is 0 Å². The molecule has 0 aromatic carbocycles. The number of halogens is 1. The molecule has 86 valence electrons. The Labute approximate surface area is 103 Å². The fraction of sp³-hybridized carbons (Fsp3) is 0.455. The third-order valence-corrected chi connectivity index (χ3v) is 2.24. The van der Waals surface area contributed by atoms with Gasteiger partial charge >= 0.3 is 5.70 Å². The third-order valence-electron chi connectivity index (χ3n) is 1.75. The minimum absolute atomic E-state index is 0.0374. The first kappa shape index (κ1) is 12.8. The van der Waals surface area contributed by atoms with E-state index in [-0.39, 0.29) is 16.6 Å². The molecule has 1 aliphatic carbocycles. The van der Waals surface area contributed by atoms with Crippen LogP contribution >= 0.6 is 15.9 Å². The molecule has 0 aliphatic heterocycles. The second-order valence-electron chi connectivity index (χ2n) is 3.47. The Bertz CT molecular complexity index is 401. The lowest BCUT2D eigenvalue weighted by atomic mass is 10.2. The van der Waals surface area contributed by atoms with Crippen molar-refractivity contribution in [3.63, 3.8) is 0 Å². The molecule has 0 fully saturated rings. The first-order chi connectivity index (χ1) is 7.50. The molecule has 16 heavy (non-hydrogen) atoms. The molecule has 0 heterocycles. The van der Waals surface area contributed by atoms with Crippen LogP contribution < -0.4 is 0 Å². The second kappa shape index (κ2) is 5.71. The van der Waals surface area contributed by atoms with Gasteiger partial charge in [-0.25, -0.2) is 0 Å². The molecule has 0 aromatic heterocycles. The van der Waals surface area contributed by atoms with E-state index >= 15 is 0 Å². The van der Waals surface area contributed by atoms with E-state index in [9.17, 15) is 10.1 Å². The summed E-state index contributed by atoms with van der Waals surface area (Å²) in [4.78, 5) is 10.1. The number of ether oxygens (including phenoxy) is 1. The van der Waals surface area contributed by atoms with E-state index < -0.39 is 4.92 Å². The van der Waals surface area contributed by atoms with E-state index in [1.54, 1.807) is 6.08 Å². The standard InChI is InChI=1S/C11H12BrNO3/c1-8(2)16-11-6-4-3-5-9(12)7-10(11)13(14)15/h6-9H,4H2,1-2H3. The molecule has 0 spiro atoms. The Hall–Kier alpha value is -1.28. The highest BCUT2D eigenvalue weighted by atomic mass is 79.9. The van der Waals surface area contributed by atoms with Gasteiger partial charge in [0.2, 0.25) is 0 Å². The van der Waals surface area contributed by atoms with Gasteiger partial charge < -0.3 is 4.74 Å². The van der Waals surface area contributed by atoms with Crippen LogP contribution in [0.4, 0.5) is 0 Å². The molecule has 0 amide bonds. The molecule has 0 radical (unpaired) electrons. The van der Waals surface area contributed by atoms with Crippen molar-refractivity contribution < 1.29 is 9.66 Å². The molecule has 0 N–H and O–H groups in total. The quantitative estimate of drug-likeness (QED) is 0.347. The average Bonchev–Trinajstić information content (AvgIpc) is 2.15. The highest BCUT2D eigenvalue weighted by molar-refractivity contribution is 9.09. The monoisotopic (exact) mass is 285 g/mol. The van der Waals surface area contributed by atoms with Crippen molar-refractivity contribution in [2.24, 2.45) is 0 Å². The summed E-state index contributed by atoms with van der Waals surface area (Å²) in [6.45, 7) is 3.66. The third kappa shape index (κ3) is 3.70. The van der Waals surface area contributed by atoms with E-state index in [1.807, 2.05) is 13.8 Å². The van der Waals surface area contributed by atoms with Crippen LogP contribution in [0.5, 0.6) is 0 Å². The largest absolute Gasteiger partial charge is 0.484 e. The summed E-state index contributed by atoms with van der Waals surface area (Å²) in [6.07, 6.45) is 3.44. The van der Waals surface area contributed by atoms with Crippen molar-refractivity contribution in [2.75, 3.05) is 0 Å². The summed E-state index contributed by atoms with van der Waals surface area (Å²) in [7, 11) is 0. The zero-order valence-corrected chi connectivity index (χ0v) is 10.7. The van der Waals surface area contributed by atoms with Gasteiger partial charge in [-0.1, -0.05) is 27.8 Å². The summed E-state index contributed by atoms with van der Waals surface area (Å²) < 4.78 is 5.41. The summed E-state index contributed by atoms with van der Waals surface area (Å²) in [5.74, 6) is 6.00. The average molecular weight is 286 g/mol. The van der Waals surface area contributed by atoms with Crippen LogP contribution in [-0.4, -0.2) is 15.9 Å². The summed E-state index contributed by atoms with van der Waals surface area (Å²) >= 11 is 3.24. The first-order valence-corrected chi connectivity index (χ1v) is 5.78. The van der Waals surface area contributed by atoms with Crippen LogP contribution in [0.1, 0.15) is 20.3 Å². The maximum Gasteiger partial charge on any atom is 0.308 e. The molecule has 1 unspecified atom stereocenters. The van der Waals surface area contributed by atoms with Gasteiger partial charge in [-0.3, -0.25) is 10.1 Å². The normalized spacial score (nSPS) is 19.9. The summed E-state index contributed by atoms with van der Waals surface area (Å²) in [5.41, 5.74) is -0.0374. The molecule has 5 heteroatoms. The lowest BCUT2D eigenvalue weighted by molar-refractivity contribution is -0.424. The van der Waals surface area contributed by atoms with Gasteiger partial charge in [0, 0.05) is 12.5 Å². The van der Waals surface area contributed by atoms with Crippen molar-refractivity contribution in [1.29, 1.82) is 0 Å². The number of nitrogens with zero attached hydrogens (tertiary/aromatic N) is 1. The van der Waals surface area contributed by atoms with Crippen LogP contribution in [-0.2, 0) is 4.74 Å². The van der Waals surface area contributed by atoms with Crippen molar-refractivity contribution in [1.82, 2.24) is 0 Å². The summed E-state index contributed by atoms with van der Waals surface area (Å²) in [5, 5.41) is 10.9. The van der Waals surface area contributed by atoms with Crippen LogP contribution in [0, 0.1) is 22.0 Å². The van der Waals surface area contributed by atoms with E-state index in [2.05, 4.69) is 27.8 Å². The molecule has 4 nitrogen and oxygen atoms in total. The maximum atomic E-state index is 10.9. The SMILES string of the molecule is CC(C)OC1=CCC#CC(Br)C=C1[N+](=O)[O-]. The van der Waals surface area contributed by atoms with E-state index in [0.29, 0.717) is 12.2 Å². The molecular formula is C11H12BrNO3. The van der Waals surface area contributed by atoms with Crippen molar-refractivity contribution in [3.8, 4) is 11.8 Å². The zero-order valence-electron chi connectivity index (χ0n) is 9.07. The molecule has 0 saturated heterocycles. The number of hydrogen-bond acceptors (Lipinski definition) is 3. The van der Waals surface area contributed by atoms with Gasteiger partial charge in [0.15, 0.2) is 5.76 Å². The van der Waals surface area contributed by atoms with E-state index in [1.165, 1.54) is 6.08 Å². The Morgan fingerprint density at radius 1 is 1.69 bits per heavy atom. The maximum absolute atomic E-state index is 10.9. The van der Waals surface area contributed by atoms with Crippen LogP contribution in [0.15, 0.2) is 23.6 Å². The van der Waals surface area contributed by atoms with E-state index in [0.717, 1.165) is 0 Å². The number of alkyl halides is 1. The van der Waals surface area contributed by atoms with Crippen LogP contribution in [0.3, 0.4) is 0 Å². The number of allylic oxidation sites excluding steroid dienone is 2. The lowest BCUT2D eigenvalue weighted by Crippen LogP contribution is -2.12. The van der Waals surface area contributed by atoms with Gasteiger partial charge in [0.05, 0.1) is 11.0 Å². The predicted octanol–water partition coefficient (Wildman–Crippen LogP) is 2.63. The topological polar surface area (TPSA) is 52.4 Å². The molecule has 1 aliphatic rings. The molecule has 0 bridgehead atoms. The minimum Gasteiger partial charge on any atom is -0.484 e. The summed E-state index contributed by atoms with van der Waals surface area (Å²) in [6, 6.07) is 0. The van der Waals surface area contributed by atoms with Gasteiger partial charge in [-0.15, -0.1) is 0 Å². The van der Waals surface area contributed by atoms with Crippen molar-refractivity contribution in [3.05, 3.63) is 33.7 Å². The second-order valence-corrected chi connectivity index (χ2v) is 4.46. The van der Waals surface area contributed by atoms with Crippen molar-refractivity contribution >= 4 is 15.9 Å². The predicted molar refractivity (Wildman–Crippen MR) is 64.5 cm³/mol.